The molecule has 2 heterocycles. The van der Waals surface area contributed by atoms with Crippen molar-refractivity contribution in [3.8, 4) is 6.19 Å². The Labute approximate surface area is 201 Å². The van der Waals surface area contributed by atoms with Crippen molar-refractivity contribution in [2.75, 3.05) is 53.6 Å². The zero-order valence-corrected chi connectivity index (χ0v) is 20.9. The molecule has 33 heavy (non-hydrogen) atoms. The normalized spacial score (nSPS) is 11.8. The number of nitrogens with zero attached hydrogens (tertiary/aromatic N) is 4. The molecule has 0 spiro atoms. The van der Waals surface area contributed by atoms with Crippen LogP contribution in [0.25, 0.3) is 0 Å². The molecule has 0 saturated carbocycles. The van der Waals surface area contributed by atoms with Crippen molar-refractivity contribution in [1.82, 2.24) is 20.4 Å². The molecule has 2 rings (SSSR count). The Morgan fingerprint density at radius 1 is 1.03 bits per heavy atom. The van der Waals surface area contributed by atoms with Gasteiger partial charge < -0.3 is 28.7 Å². The van der Waals surface area contributed by atoms with E-state index in [4.69, 9.17) is 18.8 Å². The van der Waals surface area contributed by atoms with Crippen molar-refractivity contribution in [2.24, 2.45) is 4.99 Å². The Hall–Kier alpha value is -2.45. The van der Waals surface area contributed by atoms with Crippen LogP contribution in [-0.2, 0) is 30.2 Å². The van der Waals surface area contributed by atoms with Gasteiger partial charge in [0.25, 0.3) is 0 Å². The van der Waals surface area contributed by atoms with Crippen molar-refractivity contribution in [1.29, 1.82) is 5.26 Å². The van der Waals surface area contributed by atoms with E-state index in [2.05, 4.69) is 25.4 Å². The van der Waals surface area contributed by atoms with Gasteiger partial charge in [-0.2, -0.15) is 17.0 Å². The van der Waals surface area contributed by atoms with Gasteiger partial charge in [-0.15, -0.1) is 0 Å². The minimum absolute atomic E-state index is 0.447. The van der Waals surface area contributed by atoms with Gasteiger partial charge in [-0.1, -0.05) is 0 Å². The van der Waals surface area contributed by atoms with Gasteiger partial charge in [0.2, 0.25) is 5.96 Å². The summed E-state index contributed by atoms with van der Waals surface area (Å²) >= 11 is 1.77. The lowest BCUT2D eigenvalue weighted by atomic mass is 10.4. The fraction of sp³-hybridized carbons (Fsp3) is 0.565. The minimum Gasteiger partial charge on any atom is -0.464 e. The molecule has 0 amide bonds. The first-order valence-electron chi connectivity index (χ1n) is 11.0. The number of thioether (sulfide) groups is 1. The lowest BCUT2D eigenvalue weighted by Gasteiger charge is -2.08. The number of guanidine groups is 1. The first-order chi connectivity index (χ1) is 16.0. The van der Waals surface area contributed by atoms with Gasteiger partial charge in [-0.05, 0) is 58.9 Å². The van der Waals surface area contributed by atoms with Crippen LogP contribution in [0.2, 0.25) is 0 Å². The summed E-state index contributed by atoms with van der Waals surface area (Å²) in [5.74, 6) is 5.88. The van der Waals surface area contributed by atoms with Crippen LogP contribution in [0.3, 0.4) is 0 Å². The summed E-state index contributed by atoms with van der Waals surface area (Å²) in [7, 11) is 8.05. The molecule has 0 aliphatic rings. The SMILES string of the molecule is CN(C)Cc1ccc(COCCCN=C(NC#N)NCCSCc2ccc(CN(C)C)o2)o1. The van der Waals surface area contributed by atoms with Crippen LogP contribution in [0.4, 0.5) is 0 Å². The van der Waals surface area contributed by atoms with E-state index in [1.807, 2.05) is 58.6 Å². The fourth-order valence-electron chi connectivity index (χ4n) is 2.93. The van der Waals surface area contributed by atoms with E-state index < -0.39 is 0 Å². The maximum absolute atomic E-state index is 8.93. The van der Waals surface area contributed by atoms with Gasteiger partial charge in [-0.25, -0.2) is 0 Å². The molecule has 2 aromatic heterocycles. The summed E-state index contributed by atoms with van der Waals surface area (Å²) in [6.45, 7) is 3.86. The predicted octanol–water partition coefficient (Wildman–Crippen LogP) is 2.85. The number of nitriles is 1. The molecule has 0 unspecified atom stereocenters. The second kappa shape index (κ2) is 15.4. The van der Waals surface area contributed by atoms with E-state index in [0.29, 0.717) is 32.3 Å². The number of rotatable bonds is 15. The number of hydrogen-bond acceptors (Lipinski definition) is 8. The molecule has 0 aliphatic carbocycles. The first-order valence-corrected chi connectivity index (χ1v) is 12.1. The average Bonchev–Trinajstić information content (AvgIpc) is 3.38. The molecule has 0 aromatic carbocycles. The van der Waals surface area contributed by atoms with Crippen molar-refractivity contribution < 1.29 is 13.6 Å². The molecule has 0 atom stereocenters. The highest BCUT2D eigenvalue weighted by atomic mass is 32.2. The third-order valence-corrected chi connectivity index (χ3v) is 5.28. The van der Waals surface area contributed by atoms with Crippen LogP contribution in [0, 0.1) is 11.5 Å². The summed E-state index contributed by atoms with van der Waals surface area (Å²) in [6, 6.07) is 7.98. The molecule has 0 saturated heterocycles. The van der Waals surface area contributed by atoms with E-state index >= 15 is 0 Å². The van der Waals surface area contributed by atoms with E-state index in [9.17, 15) is 0 Å². The number of furan rings is 2. The number of hydrogen-bond donors (Lipinski definition) is 2. The Morgan fingerprint density at radius 2 is 1.67 bits per heavy atom. The van der Waals surface area contributed by atoms with Crippen LogP contribution >= 0.6 is 11.8 Å². The Morgan fingerprint density at radius 3 is 2.33 bits per heavy atom. The highest BCUT2D eigenvalue weighted by Gasteiger charge is 2.05. The van der Waals surface area contributed by atoms with Gasteiger partial charge in [0.15, 0.2) is 6.19 Å². The smallest absolute Gasteiger partial charge is 0.204 e. The van der Waals surface area contributed by atoms with Crippen LogP contribution < -0.4 is 10.6 Å². The highest BCUT2D eigenvalue weighted by molar-refractivity contribution is 7.98. The molecule has 0 fully saturated rings. The Balaban J connectivity index is 1.57. The second-order valence-electron chi connectivity index (χ2n) is 8.06. The van der Waals surface area contributed by atoms with Gasteiger partial charge in [0.05, 0.1) is 18.8 Å². The van der Waals surface area contributed by atoms with Crippen molar-refractivity contribution in [3.05, 3.63) is 47.3 Å². The largest absolute Gasteiger partial charge is 0.464 e. The average molecular weight is 477 g/mol. The van der Waals surface area contributed by atoms with Crippen LogP contribution in [0.1, 0.15) is 29.5 Å². The summed E-state index contributed by atoms with van der Waals surface area (Å²) < 4.78 is 17.2. The third kappa shape index (κ3) is 11.8. The maximum atomic E-state index is 8.93. The zero-order chi connectivity index (χ0) is 23.9. The minimum atomic E-state index is 0.447. The van der Waals surface area contributed by atoms with E-state index in [0.717, 1.165) is 54.1 Å². The molecular weight excluding hydrogens is 440 g/mol. The molecule has 0 aliphatic heterocycles. The molecule has 0 radical (unpaired) electrons. The lowest BCUT2D eigenvalue weighted by Crippen LogP contribution is -2.36. The van der Waals surface area contributed by atoms with Gasteiger partial charge in [0, 0.05) is 25.4 Å². The summed E-state index contributed by atoms with van der Waals surface area (Å²) in [5, 5.41) is 14.7. The molecule has 9 nitrogen and oxygen atoms in total. The number of nitrogens with one attached hydrogen (secondary N) is 2. The molecule has 2 aromatic rings. The van der Waals surface area contributed by atoms with E-state index in [1.165, 1.54) is 0 Å². The second-order valence-corrected chi connectivity index (χ2v) is 9.17. The fourth-order valence-corrected chi connectivity index (χ4v) is 3.68. The summed E-state index contributed by atoms with van der Waals surface area (Å²) in [5.41, 5.74) is 0. The molecule has 182 valence electrons. The first kappa shape index (κ1) is 26.8. The van der Waals surface area contributed by atoms with Gasteiger partial charge >= 0.3 is 0 Å². The topological polar surface area (TPSA) is 102 Å². The molecule has 0 bridgehead atoms. The molecule has 2 N–H and O–H groups in total. The monoisotopic (exact) mass is 476 g/mol. The lowest BCUT2D eigenvalue weighted by molar-refractivity contribution is 0.104. The summed E-state index contributed by atoms with van der Waals surface area (Å²) in [6.07, 6.45) is 2.68. The van der Waals surface area contributed by atoms with Crippen LogP contribution in [0.15, 0.2) is 38.1 Å². The molecule has 10 heteroatoms. The predicted molar refractivity (Wildman–Crippen MR) is 132 cm³/mol. The zero-order valence-electron chi connectivity index (χ0n) is 20.1. The van der Waals surface area contributed by atoms with Crippen molar-refractivity contribution >= 4 is 17.7 Å². The maximum Gasteiger partial charge on any atom is 0.204 e. The van der Waals surface area contributed by atoms with Crippen LogP contribution in [-0.4, -0.2) is 69.4 Å². The van der Waals surface area contributed by atoms with E-state index in [-0.39, 0.29) is 0 Å². The Bertz CT molecular complexity index is 872. The van der Waals surface area contributed by atoms with Crippen LogP contribution in [0.5, 0.6) is 0 Å². The van der Waals surface area contributed by atoms with Crippen molar-refractivity contribution in [2.45, 2.75) is 31.9 Å². The highest BCUT2D eigenvalue weighted by Crippen LogP contribution is 2.16. The quantitative estimate of drug-likeness (QED) is 0.132. The number of ether oxygens (including phenoxy) is 1. The Kier molecular flexibility index (Phi) is 12.5. The third-order valence-electron chi connectivity index (χ3n) is 4.30. The van der Waals surface area contributed by atoms with Crippen molar-refractivity contribution in [3.63, 3.8) is 0 Å². The van der Waals surface area contributed by atoms with E-state index in [1.54, 1.807) is 11.8 Å². The summed E-state index contributed by atoms with van der Waals surface area (Å²) in [4.78, 5) is 8.55. The van der Waals surface area contributed by atoms with Gasteiger partial charge in [0.1, 0.15) is 29.6 Å². The standard InChI is InChI=1S/C23H36N6O3S/c1-28(2)14-19-6-8-21(31-19)16-30-12-5-10-25-23(27-18-24)26-11-13-33-17-22-9-7-20(32-22)15-29(3)4/h6-9H,5,10-17H2,1-4H3,(H2,25,26,27). The van der Waals surface area contributed by atoms with Gasteiger partial charge in [-0.3, -0.25) is 10.3 Å². The molecular formula is C23H36N6O3S. The number of aliphatic imine (C=N–C) groups is 1.